The molecule has 0 bridgehead atoms. The SMILES string of the molecule is CC1(C)c2ccccc2-c2ccc(N(c3ccc(-c4ccccc4)cc3)c3ccc4ccc5ccc6c(sc7nc8ccccc8n76)c5c4c3)cc21. The van der Waals surface area contributed by atoms with Gasteiger partial charge in [-0.05, 0) is 104 Å². The summed E-state index contributed by atoms with van der Waals surface area (Å²) < 4.78 is 3.59. The molecule has 0 saturated carbocycles. The summed E-state index contributed by atoms with van der Waals surface area (Å²) in [6, 6.07) is 60.0. The fourth-order valence-electron chi connectivity index (χ4n) is 8.62. The molecule has 1 aliphatic carbocycles. The van der Waals surface area contributed by atoms with E-state index in [2.05, 4.69) is 187 Å². The second-order valence-corrected chi connectivity index (χ2v) is 15.4. The number of aromatic nitrogens is 2. The molecule has 2 aromatic heterocycles. The minimum absolute atomic E-state index is 0.100. The molecule has 0 amide bonds. The number of benzene rings is 8. The molecule has 0 atom stereocenters. The van der Waals surface area contributed by atoms with Crippen LogP contribution in [-0.2, 0) is 5.41 Å². The summed E-state index contributed by atoms with van der Waals surface area (Å²) in [6.45, 7) is 4.71. The van der Waals surface area contributed by atoms with Crippen LogP contribution in [-0.4, -0.2) is 9.38 Å². The Bertz CT molecular complexity index is 3040. The minimum atomic E-state index is -0.100. The molecule has 0 unspecified atom stereocenters. The monoisotopic (exact) mass is 683 g/mol. The summed E-state index contributed by atoms with van der Waals surface area (Å²) in [4.78, 5) is 8.48. The van der Waals surface area contributed by atoms with Crippen molar-refractivity contribution in [1.29, 1.82) is 0 Å². The van der Waals surface area contributed by atoms with Gasteiger partial charge in [0.15, 0.2) is 4.96 Å². The quantitative estimate of drug-likeness (QED) is 0.172. The van der Waals surface area contributed by atoms with Crippen LogP contribution < -0.4 is 4.90 Å². The molecule has 3 nitrogen and oxygen atoms in total. The van der Waals surface area contributed by atoms with Gasteiger partial charge in [0.25, 0.3) is 0 Å². The zero-order chi connectivity index (χ0) is 34.6. The lowest BCUT2D eigenvalue weighted by atomic mass is 9.82. The van der Waals surface area contributed by atoms with Crippen molar-refractivity contribution >= 4 is 76.2 Å². The van der Waals surface area contributed by atoms with Gasteiger partial charge in [-0.1, -0.05) is 134 Å². The maximum atomic E-state index is 5.02. The third kappa shape index (κ3) is 4.22. The zero-order valence-corrected chi connectivity index (χ0v) is 29.7. The highest BCUT2D eigenvalue weighted by atomic mass is 32.1. The molecule has 52 heavy (non-hydrogen) atoms. The fourth-order valence-corrected chi connectivity index (χ4v) is 9.82. The van der Waals surface area contributed by atoms with E-state index in [1.165, 1.54) is 65.1 Å². The van der Waals surface area contributed by atoms with Crippen molar-refractivity contribution in [3.05, 3.63) is 175 Å². The summed E-state index contributed by atoms with van der Waals surface area (Å²) in [7, 11) is 0. The second kappa shape index (κ2) is 10.9. The molecule has 0 radical (unpaired) electrons. The van der Waals surface area contributed by atoms with E-state index in [1.54, 1.807) is 11.3 Å². The second-order valence-electron chi connectivity index (χ2n) is 14.5. The van der Waals surface area contributed by atoms with E-state index in [0.29, 0.717) is 0 Å². The Morgan fingerprint density at radius 2 is 1.19 bits per heavy atom. The van der Waals surface area contributed by atoms with E-state index < -0.39 is 0 Å². The highest BCUT2D eigenvalue weighted by Crippen LogP contribution is 2.51. The van der Waals surface area contributed by atoms with Gasteiger partial charge < -0.3 is 4.90 Å². The molecule has 8 aromatic carbocycles. The van der Waals surface area contributed by atoms with E-state index in [4.69, 9.17) is 4.98 Å². The Balaban J connectivity index is 1.14. The molecule has 10 aromatic rings. The molecular weight excluding hydrogens is 651 g/mol. The topological polar surface area (TPSA) is 20.5 Å². The van der Waals surface area contributed by atoms with Gasteiger partial charge in [-0.15, -0.1) is 0 Å². The Morgan fingerprint density at radius 3 is 2.08 bits per heavy atom. The first-order chi connectivity index (χ1) is 25.5. The van der Waals surface area contributed by atoms with Crippen LogP contribution in [0.2, 0.25) is 0 Å². The van der Waals surface area contributed by atoms with Crippen LogP contribution in [0.5, 0.6) is 0 Å². The lowest BCUT2D eigenvalue weighted by molar-refractivity contribution is 0.660. The summed E-state index contributed by atoms with van der Waals surface area (Å²) in [5, 5.41) is 4.99. The molecule has 0 aliphatic heterocycles. The lowest BCUT2D eigenvalue weighted by Gasteiger charge is -2.28. The first-order valence-corrected chi connectivity index (χ1v) is 18.7. The molecule has 0 fully saturated rings. The normalized spacial score (nSPS) is 13.3. The molecule has 11 rings (SSSR count). The van der Waals surface area contributed by atoms with Crippen LogP contribution in [0.4, 0.5) is 17.1 Å². The van der Waals surface area contributed by atoms with E-state index >= 15 is 0 Å². The fraction of sp³-hybridized carbons (Fsp3) is 0.0625. The number of anilines is 3. The van der Waals surface area contributed by atoms with Crippen LogP contribution in [0.15, 0.2) is 164 Å². The van der Waals surface area contributed by atoms with Gasteiger partial charge in [0.2, 0.25) is 0 Å². The molecular formula is C48H33N3S. The smallest absolute Gasteiger partial charge is 0.195 e. The van der Waals surface area contributed by atoms with Gasteiger partial charge in [0.05, 0.1) is 21.3 Å². The number of rotatable bonds is 4. The number of thiazole rings is 1. The molecule has 0 N–H and O–H groups in total. The van der Waals surface area contributed by atoms with Crippen molar-refractivity contribution in [2.75, 3.05) is 4.90 Å². The van der Waals surface area contributed by atoms with Crippen molar-refractivity contribution < 1.29 is 0 Å². The molecule has 0 saturated heterocycles. The Kier molecular flexibility index (Phi) is 6.17. The van der Waals surface area contributed by atoms with Crippen molar-refractivity contribution in [3.8, 4) is 22.3 Å². The zero-order valence-electron chi connectivity index (χ0n) is 28.8. The van der Waals surface area contributed by atoms with Crippen LogP contribution >= 0.6 is 11.3 Å². The number of hydrogen-bond donors (Lipinski definition) is 0. The lowest BCUT2D eigenvalue weighted by Crippen LogP contribution is -2.16. The van der Waals surface area contributed by atoms with Gasteiger partial charge in [-0.25, -0.2) is 4.98 Å². The van der Waals surface area contributed by atoms with E-state index in [-0.39, 0.29) is 5.41 Å². The largest absolute Gasteiger partial charge is 0.310 e. The van der Waals surface area contributed by atoms with Crippen molar-refractivity contribution in [2.24, 2.45) is 0 Å². The Morgan fingerprint density at radius 1 is 0.538 bits per heavy atom. The molecule has 0 spiro atoms. The number of para-hydroxylation sites is 2. The summed E-state index contributed by atoms with van der Waals surface area (Å²) in [5.74, 6) is 0. The molecule has 246 valence electrons. The van der Waals surface area contributed by atoms with Crippen molar-refractivity contribution in [1.82, 2.24) is 9.38 Å². The van der Waals surface area contributed by atoms with E-state index in [0.717, 1.165) is 33.1 Å². The van der Waals surface area contributed by atoms with Crippen LogP contribution in [0.25, 0.3) is 70.0 Å². The minimum Gasteiger partial charge on any atom is -0.310 e. The Hall–Kier alpha value is -6.23. The third-order valence-corrected chi connectivity index (χ3v) is 12.3. The van der Waals surface area contributed by atoms with Crippen LogP contribution in [0.3, 0.4) is 0 Å². The van der Waals surface area contributed by atoms with Crippen molar-refractivity contribution in [2.45, 2.75) is 19.3 Å². The van der Waals surface area contributed by atoms with Gasteiger partial charge in [0, 0.05) is 27.9 Å². The summed E-state index contributed by atoms with van der Waals surface area (Å²) in [6.07, 6.45) is 0. The molecule has 4 heteroatoms. The van der Waals surface area contributed by atoms with Gasteiger partial charge in [-0.3, -0.25) is 4.40 Å². The van der Waals surface area contributed by atoms with Crippen molar-refractivity contribution in [3.63, 3.8) is 0 Å². The first-order valence-electron chi connectivity index (χ1n) is 17.9. The average Bonchev–Trinajstić information content (AvgIpc) is 3.81. The van der Waals surface area contributed by atoms with Gasteiger partial charge >= 0.3 is 0 Å². The maximum Gasteiger partial charge on any atom is 0.195 e. The van der Waals surface area contributed by atoms with Gasteiger partial charge in [0.1, 0.15) is 0 Å². The Labute approximate surface area is 305 Å². The summed E-state index contributed by atoms with van der Waals surface area (Å²) in [5.41, 5.74) is 14.5. The third-order valence-electron chi connectivity index (χ3n) is 11.2. The highest BCUT2D eigenvalue weighted by molar-refractivity contribution is 7.24. The number of nitrogens with zero attached hydrogens (tertiary/aromatic N) is 3. The van der Waals surface area contributed by atoms with Gasteiger partial charge in [-0.2, -0.15) is 0 Å². The number of hydrogen-bond acceptors (Lipinski definition) is 3. The predicted molar refractivity (Wildman–Crippen MR) is 221 cm³/mol. The highest BCUT2D eigenvalue weighted by Gasteiger charge is 2.35. The van der Waals surface area contributed by atoms with Crippen LogP contribution in [0, 0.1) is 0 Å². The molecule has 1 aliphatic rings. The number of imidazole rings is 1. The number of fused-ring (bicyclic) bond motifs is 12. The maximum absolute atomic E-state index is 5.02. The average molecular weight is 684 g/mol. The van der Waals surface area contributed by atoms with E-state index in [9.17, 15) is 0 Å². The predicted octanol–water partition coefficient (Wildman–Crippen LogP) is 13.5. The van der Waals surface area contributed by atoms with E-state index in [1.807, 2.05) is 0 Å². The van der Waals surface area contributed by atoms with Crippen LogP contribution in [0.1, 0.15) is 25.0 Å². The first kappa shape index (κ1) is 29.5. The summed E-state index contributed by atoms with van der Waals surface area (Å²) >= 11 is 1.78. The molecule has 2 heterocycles. The standard InChI is InChI=1S/C48H33N3S/c1-48(2)40-13-7-6-12-37(40)38-26-25-36(29-41(38)48)50(34-22-18-31(19-23-34)30-10-4-3-5-11-30)35-24-20-32-16-17-33-21-27-44-46(45(33)39(32)28-35)52-47-49-42-14-8-9-15-43(42)51(44)47/h3-29H,1-2H3.